The zero-order valence-electron chi connectivity index (χ0n) is 6.19. The Morgan fingerprint density at radius 1 is 0.846 bits per heavy atom. The largest absolute Gasteiger partial charge is 2.00 e. The summed E-state index contributed by atoms with van der Waals surface area (Å²) in [6.07, 6.45) is 0. The molecule has 4 N–H and O–H groups in total. The Bertz CT molecular complexity index is 263. The quantitative estimate of drug-likeness (QED) is 0.394. The molecule has 0 saturated heterocycles. The predicted octanol–water partition coefficient (Wildman–Crippen LogP) is -3.11. The molecule has 8 nitrogen and oxygen atoms in total. The molecule has 0 aliphatic rings. The molecule has 0 rings (SSSR count). The second-order valence-corrected chi connectivity index (χ2v) is 4.35. The van der Waals surface area contributed by atoms with E-state index >= 15 is 0 Å². The first-order valence-corrected chi connectivity index (χ1v) is 5.55. The first-order chi connectivity index (χ1) is 5.12. The van der Waals surface area contributed by atoms with Crippen LogP contribution in [-0.4, -0.2) is 37.7 Å². The van der Waals surface area contributed by atoms with Crippen LogP contribution < -0.4 is 11.5 Å². The molecular weight excluding hydrogens is 268 g/mol. The molecular formula is C2H8FeN2O6S2. The molecule has 0 aromatic carbocycles. The fraction of sp³-hybridized carbons (Fsp3) is 1.00. The van der Waals surface area contributed by atoms with Crippen molar-refractivity contribution in [3.63, 3.8) is 0 Å². The molecule has 0 aromatic heterocycles. The van der Waals surface area contributed by atoms with Crippen LogP contribution in [0.25, 0.3) is 0 Å². The van der Waals surface area contributed by atoms with E-state index in [0.717, 1.165) is 0 Å². The SMILES string of the molecule is NCS(=O)(=O)[O-].NCS(=O)(=O)[O-].[Fe+2]. The zero-order chi connectivity index (χ0) is 10.4. The maximum absolute atomic E-state index is 9.32. The number of hydrogen-bond donors (Lipinski definition) is 2. The summed E-state index contributed by atoms with van der Waals surface area (Å²) in [7, 11) is -8.27. The summed E-state index contributed by atoms with van der Waals surface area (Å²) in [6, 6.07) is 0. The minimum Gasteiger partial charge on any atom is -0.747 e. The van der Waals surface area contributed by atoms with E-state index in [-0.39, 0.29) is 17.1 Å². The molecule has 0 bridgehead atoms. The third-order valence-electron chi connectivity index (χ3n) is 0.408. The monoisotopic (exact) mass is 276 g/mol. The minimum absolute atomic E-state index is 0. The summed E-state index contributed by atoms with van der Waals surface area (Å²) < 4.78 is 55.9. The van der Waals surface area contributed by atoms with Gasteiger partial charge in [-0.2, -0.15) is 0 Å². The minimum atomic E-state index is -4.13. The Kier molecular flexibility index (Phi) is 11.1. The van der Waals surface area contributed by atoms with Crippen LogP contribution in [0.15, 0.2) is 0 Å². The molecule has 11 heteroatoms. The van der Waals surface area contributed by atoms with E-state index in [4.69, 9.17) is 0 Å². The van der Waals surface area contributed by atoms with E-state index in [1.165, 1.54) is 0 Å². The van der Waals surface area contributed by atoms with Crippen molar-refractivity contribution in [2.45, 2.75) is 0 Å². The van der Waals surface area contributed by atoms with E-state index in [2.05, 4.69) is 11.5 Å². The molecule has 0 aliphatic carbocycles. The molecule has 0 radical (unpaired) electrons. The van der Waals surface area contributed by atoms with Crippen molar-refractivity contribution in [3.05, 3.63) is 0 Å². The third-order valence-corrected chi connectivity index (χ3v) is 1.22. The van der Waals surface area contributed by atoms with Crippen molar-refractivity contribution < 1.29 is 43.0 Å². The van der Waals surface area contributed by atoms with Gasteiger partial charge in [-0.1, -0.05) is 0 Å². The molecule has 0 amide bonds. The Hall–Kier alpha value is 0.259. The molecule has 0 saturated carbocycles. The Labute approximate surface area is 86.6 Å². The van der Waals surface area contributed by atoms with E-state index in [0.29, 0.717) is 0 Å². The topological polar surface area (TPSA) is 166 Å². The molecule has 0 atom stereocenters. The van der Waals surface area contributed by atoms with Gasteiger partial charge in [0.2, 0.25) is 0 Å². The molecule has 0 heterocycles. The number of rotatable bonds is 2. The average Bonchev–Trinajstić information content (AvgIpc) is 1.86. The van der Waals surface area contributed by atoms with Crippen molar-refractivity contribution in [1.82, 2.24) is 0 Å². The zero-order valence-corrected chi connectivity index (χ0v) is 8.93. The maximum Gasteiger partial charge on any atom is 2.00 e. The van der Waals surface area contributed by atoms with Crippen LogP contribution in [-0.2, 0) is 37.3 Å². The van der Waals surface area contributed by atoms with Crippen LogP contribution in [0.1, 0.15) is 0 Å². The third kappa shape index (κ3) is 32.9. The predicted molar refractivity (Wildman–Crippen MR) is 37.5 cm³/mol. The number of nitrogens with two attached hydrogens (primary N) is 2. The maximum atomic E-state index is 9.32. The molecule has 82 valence electrons. The van der Waals surface area contributed by atoms with E-state index in [1.54, 1.807) is 0 Å². The summed E-state index contributed by atoms with van der Waals surface area (Å²) in [5.41, 5.74) is 8.81. The van der Waals surface area contributed by atoms with Crippen molar-refractivity contribution >= 4 is 20.2 Å². The molecule has 13 heavy (non-hydrogen) atoms. The molecule has 0 unspecified atom stereocenters. The molecule has 0 fully saturated rings. The van der Waals surface area contributed by atoms with Crippen molar-refractivity contribution in [2.24, 2.45) is 11.5 Å². The van der Waals surface area contributed by atoms with Crippen molar-refractivity contribution in [2.75, 3.05) is 11.8 Å². The first-order valence-electron chi connectivity index (χ1n) is 2.39. The Morgan fingerprint density at radius 2 is 0.923 bits per heavy atom. The molecule has 0 aliphatic heterocycles. The molecule has 0 aromatic rings. The normalized spacial score (nSPS) is 10.8. The van der Waals surface area contributed by atoms with E-state index in [1.807, 2.05) is 0 Å². The smallest absolute Gasteiger partial charge is 0.747 e. The van der Waals surface area contributed by atoms with Crippen molar-refractivity contribution in [3.8, 4) is 0 Å². The van der Waals surface area contributed by atoms with Gasteiger partial charge >= 0.3 is 17.1 Å². The van der Waals surface area contributed by atoms with Crippen LogP contribution in [0.4, 0.5) is 0 Å². The van der Waals surface area contributed by atoms with Gasteiger partial charge in [-0.3, -0.25) is 0 Å². The van der Waals surface area contributed by atoms with Crippen LogP contribution >= 0.6 is 0 Å². The summed E-state index contributed by atoms with van der Waals surface area (Å²) in [4.78, 5) is 0. The second kappa shape index (κ2) is 7.64. The van der Waals surface area contributed by atoms with Crippen LogP contribution in [0, 0.1) is 0 Å². The van der Waals surface area contributed by atoms with Gasteiger partial charge in [0.05, 0.1) is 11.8 Å². The molecule has 0 spiro atoms. The van der Waals surface area contributed by atoms with Gasteiger partial charge in [-0.25, -0.2) is 16.8 Å². The summed E-state index contributed by atoms with van der Waals surface area (Å²) in [5, 5.41) is 0. The fourth-order valence-electron chi connectivity index (χ4n) is 0. The van der Waals surface area contributed by atoms with Gasteiger partial charge in [-0.15, -0.1) is 0 Å². The van der Waals surface area contributed by atoms with Gasteiger partial charge in [0.1, 0.15) is 20.2 Å². The summed E-state index contributed by atoms with van der Waals surface area (Å²) in [6.45, 7) is 0. The Morgan fingerprint density at radius 3 is 0.923 bits per heavy atom. The second-order valence-electron chi connectivity index (χ2n) is 1.45. The standard InChI is InChI=1S/2CH5NO3S.Fe/c2*2-1-6(3,4)5;/h2*1-2H2,(H,3,4,5);/q;;+2/p-2. The van der Waals surface area contributed by atoms with Gasteiger partial charge in [0, 0.05) is 0 Å². The summed E-state index contributed by atoms with van der Waals surface area (Å²) in [5.74, 6) is -1.62. The van der Waals surface area contributed by atoms with E-state index < -0.39 is 32.0 Å². The first kappa shape index (κ1) is 18.9. The van der Waals surface area contributed by atoms with Crippen LogP contribution in [0.3, 0.4) is 0 Å². The van der Waals surface area contributed by atoms with Gasteiger partial charge in [0.15, 0.2) is 0 Å². The van der Waals surface area contributed by atoms with Gasteiger partial charge in [0.25, 0.3) is 0 Å². The van der Waals surface area contributed by atoms with Crippen molar-refractivity contribution in [1.29, 1.82) is 0 Å². The van der Waals surface area contributed by atoms with Gasteiger partial charge < -0.3 is 20.6 Å². The summed E-state index contributed by atoms with van der Waals surface area (Å²) >= 11 is 0. The Balaban J connectivity index is -0.000000143. The fourth-order valence-corrected chi connectivity index (χ4v) is 0. The van der Waals surface area contributed by atoms with Gasteiger partial charge in [-0.05, 0) is 0 Å². The average molecular weight is 276 g/mol. The van der Waals surface area contributed by atoms with E-state index in [9.17, 15) is 25.9 Å². The van der Waals surface area contributed by atoms with Crippen LogP contribution in [0.5, 0.6) is 0 Å². The number of hydrogen-bond acceptors (Lipinski definition) is 8. The van der Waals surface area contributed by atoms with Crippen LogP contribution in [0.2, 0.25) is 0 Å².